The fourth-order valence-corrected chi connectivity index (χ4v) is 6.00. The SMILES string of the molecule is CCC[C@H](O)[C@H](C(=O)OC1CCCCC1)[Si](C)(C)C(C)(C)C. The summed E-state index contributed by atoms with van der Waals surface area (Å²) in [6.45, 7) is 13.1. The molecular formula is C18H36O3Si. The molecule has 3 nitrogen and oxygen atoms in total. The van der Waals surface area contributed by atoms with Crippen LogP contribution in [-0.2, 0) is 9.53 Å². The van der Waals surface area contributed by atoms with Gasteiger partial charge in [0, 0.05) is 0 Å². The molecule has 0 radical (unpaired) electrons. The Kier molecular flexibility index (Phi) is 7.12. The molecule has 1 saturated carbocycles. The minimum Gasteiger partial charge on any atom is -0.462 e. The van der Waals surface area contributed by atoms with E-state index in [9.17, 15) is 9.90 Å². The zero-order chi connectivity index (χ0) is 17.0. The van der Waals surface area contributed by atoms with Gasteiger partial charge in [0.1, 0.15) is 6.10 Å². The van der Waals surface area contributed by atoms with Crippen LogP contribution in [-0.4, -0.2) is 31.4 Å². The second-order valence-corrected chi connectivity index (χ2v) is 14.1. The zero-order valence-corrected chi connectivity index (χ0v) is 16.4. The summed E-state index contributed by atoms with van der Waals surface area (Å²) in [5.41, 5.74) is -0.325. The molecule has 0 aliphatic heterocycles. The molecule has 0 amide bonds. The highest BCUT2D eigenvalue weighted by Crippen LogP contribution is 2.46. The molecule has 22 heavy (non-hydrogen) atoms. The fourth-order valence-electron chi connectivity index (χ4n) is 3.28. The van der Waals surface area contributed by atoms with Gasteiger partial charge < -0.3 is 9.84 Å². The van der Waals surface area contributed by atoms with Crippen molar-refractivity contribution in [3.63, 3.8) is 0 Å². The number of esters is 1. The lowest BCUT2D eigenvalue weighted by Gasteiger charge is -2.44. The monoisotopic (exact) mass is 328 g/mol. The number of hydrogen-bond acceptors (Lipinski definition) is 3. The normalized spacial score (nSPS) is 20.5. The van der Waals surface area contributed by atoms with E-state index in [1.54, 1.807) is 0 Å². The van der Waals surface area contributed by atoms with Crippen LogP contribution < -0.4 is 0 Å². The average molecular weight is 329 g/mol. The quantitative estimate of drug-likeness (QED) is 0.557. The molecule has 1 rings (SSSR count). The molecule has 0 heterocycles. The molecule has 0 aromatic carbocycles. The van der Waals surface area contributed by atoms with Crippen molar-refractivity contribution in [2.75, 3.05) is 0 Å². The van der Waals surface area contributed by atoms with Gasteiger partial charge in [-0.05, 0) is 37.1 Å². The Labute approximate surface area is 137 Å². The number of aliphatic hydroxyl groups excluding tert-OH is 1. The first-order chi connectivity index (χ1) is 10.1. The van der Waals surface area contributed by atoms with Crippen LogP contribution in [0.3, 0.4) is 0 Å². The van der Waals surface area contributed by atoms with Crippen molar-refractivity contribution < 1.29 is 14.6 Å². The molecule has 0 aromatic rings. The van der Waals surface area contributed by atoms with Crippen molar-refractivity contribution in [1.82, 2.24) is 0 Å². The van der Waals surface area contributed by atoms with Crippen molar-refractivity contribution in [3.05, 3.63) is 0 Å². The Morgan fingerprint density at radius 1 is 1.23 bits per heavy atom. The molecule has 0 unspecified atom stereocenters. The van der Waals surface area contributed by atoms with E-state index >= 15 is 0 Å². The number of rotatable bonds is 6. The van der Waals surface area contributed by atoms with Gasteiger partial charge >= 0.3 is 5.97 Å². The lowest BCUT2D eigenvalue weighted by atomic mass is 9.98. The molecule has 0 aromatic heterocycles. The average Bonchev–Trinajstić information content (AvgIpc) is 2.38. The predicted molar refractivity (Wildman–Crippen MR) is 94.8 cm³/mol. The molecule has 0 spiro atoms. The summed E-state index contributed by atoms with van der Waals surface area (Å²) in [7, 11) is -2.01. The Morgan fingerprint density at radius 2 is 1.77 bits per heavy atom. The van der Waals surface area contributed by atoms with E-state index < -0.39 is 14.2 Å². The summed E-state index contributed by atoms with van der Waals surface area (Å²) < 4.78 is 5.84. The summed E-state index contributed by atoms with van der Waals surface area (Å²) >= 11 is 0. The van der Waals surface area contributed by atoms with Crippen molar-refractivity contribution in [3.8, 4) is 0 Å². The van der Waals surface area contributed by atoms with Crippen molar-refractivity contribution in [2.45, 2.75) is 109 Å². The first kappa shape index (κ1) is 19.7. The maximum atomic E-state index is 12.9. The Bertz CT molecular complexity index is 354. The van der Waals surface area contributed by atoms with Gasteiger partial charge in [-0.25, -0.2) is 0 Å². The van der Waals surface area contributed by atoms with Crippen LogP contribution in [0.5, 0.6) is 0 Å². The lowest BCUT2D eigenvalue weighted by molar-refractivity contribution is -0.153. The van der Waals surface area contributed by atoms with E-state index in [1.807, 2.05) is 0 Å². The van der Waals surface area contributed by atoms with Crippen LogP contribution in [0.4, 0.5) is 0 Å². The second kappa shape index (κ2) is 7.96. The van der Waals surface area contributed by atoms with Crippen LogP contribution in [0.15, 0.2) is 0 Å². The lowest BCUT2D eigenvalue weighted by Crippen LogP contribution is -2.51. The third kappa shape index (κ3) is 4.82. The van der Waals surface area contributed by atoms with Crippen LogP contribution >= 0.6 is 0 Å². The van der Waals surface area contributed by atoms with E-state index in [-0.39, 0.29) is 22.7 Å². The molecule has 1 fully saturated rings. The van der Waals surface area contributed by atoms with E-state index in [2.05, 4.69) is 40.8 Å². The summed E-state index contributed by atoms with van der Waals surface area (Å²) in [5, 5.41) is 10.7. The predicted octanol–water partition coefficient (Wildman–Crippen LogP) is 4.90. The van der Waals surface area contributed by atoms with E-state index in [1.165, 1.54) is 6.42 Å². The van der Waals surface area contributed by atoms with Crippen LogP contribution in [0.2, 0.25) is 23.7 Å². The van der Waals surface area contributed by atoms with Gasteiger partial charge in [0.25, 0.3) is 0 Å². The van der Waals surface area contributed by atoms with Crippen LogP contribution in [0, 0.1) is 0 Å². The van der Waals surface area contributed by atoms with E-state index in [0.717, 1.165) is 32.1 Å². The molecular weight excluding hydrogens is 292 g/mol. The third-order valence-corrected chi connectivity index (χ3v) is 11.8. The summed E-state index contributed by atoms with van der Waals surface area (Å²) in [6, 6.07) is 0. The highest BCUT2D eigenvalue weighted by Gasteiger charge is 2.49. The molecule has 0 saturated heterocycles. The van der Waals surface area contributed by atoms with Gasteiger partial charge in [-0.3, -0.25) is 4.79 Å². The Hall–Kier alpha value is -0.353. The standard InChI is InChI=1S/C18H36O3Si/c1-7-11-15(19)16(22(5,6)18(2,3)4)17(20)21-14-12-9-8-10-13-14/h14-16,19H,7-13H2,1-6H3/t15-,16+/m0/s1. The number of aliphatic hydroxyl groups is 1. The largest absolute Gasteiger partial charge is 0.462 e. The summed E-state index contributed by atoms with van der Waals surface area (Å²) in [5.74, 6) is -0.139. The zero-order valence-electron chi connectivity index (χ0n) is 15.4. The maximum absolute atomic E-state index is 12.9. The highest BCUT2D eigenvalue weighted by atomic mass is 28.3. The summed E-state index contributed by atoms with van der Waals surface area (Å²) in [4.78, 5) is 12.9. The third-order valence-electron chi connectivity index (χ3n) is 5.77. The molecule has 4 heteroatoms. The van der Waals surface area contributed by atoms with E-state index in [0.29, 0.717) is 6.42 Å². The fraction of sp³-hybridized carbons (Fsp3) is 0.944. The first-order valence-corrected chi connectivity index (χ1v) is 12.1. The van der Waals surface area contributed by atoms with Gasteiger partial charge in [0.2, 0.25) is 0 Å². The topological polar surface area (TPSA) is 46.5 Å². The van der Waals surface area contributed by atoms with Crippen molar-refractivity contribution >= 4 is 14.0 Å². The Balaban J connectivity index is 2.91. The highest BCUT2D eigenvalue weighted by molar-refractivity contribution is 6.84. The molecule has 0 bridgehead atoms. The maximum Gasteiger partial charge on any atom is 0.309 e. The smallest absolute Gasteiger partial charge is 0.309 e. The van der Waals surface area contributed by atoms with Crippen molar-refractivity contribution in [2.24, 2.45) is 0 Å². The van der Waals surface area contributed by atoms with Gasteiger partial charge in [-0.2, -0.15) is 0 Å². The van der Waals surface area contributed by atoms with E-state index in [4.69, 9.17) is 4.74 Å². The number of ether oxygens (including phenoxy) is 1. The molecule has 1 aliphatic carbocycles. The number of hydrogen-bond donors (Lipinski definition) is 1. The minimum absolute atomic E-state index is 0.0535. The summed E-state index contributed by atoms with van der Waals surface area (Å²) in [6.07, 6.45) is 6.60. The first-order valence-electron chi connectivity index (χ1n) is 8.99. The molecule has 1 aliphatic rings. The van der Waals surface area contributed by atoms with Crippen LogP contribution in [0.1, 0.15) is 72.6 Å². The van der Waals surface area contributed by atoms with Crippen LogP contribution in [0.25, 0.3) is 0 Å². The Morgan fingerprint density at radius 3 is 2.23 bits per heavy atom. The minimum atomic E-state index is -2.01. The van der Waals surface area contributed by atoms with Gasteiger partial charge in [-0.1, -0.05) is 53.6 Å². The number of carbonyl (C=O) groups excluding carboxylic acids is 1. The van der Waals surface area contributed by atoms with Gasteiger partial charge in [0.15, 0.2) is 0 Å². The van der Waals surface area contributed by atoms with Gasteiger partial charge in [-0.15, -0.1) is 0 Å². The van der Waals surface area contributed by atoms with Crippen molar-refractivity contribution in [1.29, 1.82) is 0 Å². The molecule has 2 atom stereocenters. The number of carbonyl (C=O) groups is 1. The second-order valence-electron chi connectivity index (χ2n) is 8.50. The molecule has 130 valence electrons. The van der Waals surface area contributed by atoms with Gasteiger partial charge in [0.05, 0.1) is 19.7 Å². The molecule has 1 N–H and O–H groups in total.